The highest BCUT2D eigenvalue weighted by molar-refractivity contribution is 9.10. The van der Waals surface area contributed by atoms with E-state index in [4.69, 9.17) is 9.05 Å². The van der Waals surface area contributed by atoms with Crippen LogP contribution >= 0.6 is 39.7 Å². The predicted octanol–water partition coefficient (Wildman–Crippen LogP) is 10.3. The van der Waals surface area contributed by atoms with Crippen LogP contribution in [-0.2, 0) is 34.9 Å². The van der Waals surface area contributed by atoms with Crippen LogP contribution in [0.5, 0.6) is 11.5 Å². The van der Waals surface area contributed by atoms with Crippen molar-refractivity contribution in [1.29, 1.82) is 0 Å². The fourth-order valence-electron chi connectivity index (χ4n) is 6.25. The summed E-state index contributed by atoms with van der Waals surface area (Å²) in [6.07, 6.45) is 19.9. The monoisotopic (exact) mass is 930 g/mol. The van der Waals surface area contributed by atoms with E-state index in [-0.39, 0.29) is 11.5 Å². The smallest absolute Gasteiger partial charge is 0.390 e. The number of aryl methyl sites for hydroxylation is 4. The van der Waals surface area contributed by atoms with E-state index in [0.717, 1.165) is 92.2 Å². The Morgan fingerprint density at radius 3 is 1.48 bits per heavy atom. The number of hydrogen-bond donors (Lipinski definition) is 3. The van der Waals surface area contributed by atoms with Crippen molar-refractivity contribution < 1.29 is 23.5 Å². The van der Waals surface area contributed by atoms with Crippen molar-refractivity contribution >= 4 is 51.3 Å². The van der Waals surface area contributed by atoms with Crippen molar-refractivity contribution in [2.24, 2.45) is 0 Å². The van der Waals surface area contributed by atoms with Crippen molar-refractivity contribution in [2.75, 3.05) is 23.7 Å². The quantitative estimate of drug-likeness (QED) is 0.0270. The molecule has 16 heteroatoms. The third-order valence-corrected chi connectivity index (χ3v) is 11.1. The topological polar surface area (TPSA) is 166 Å². The zero-order valence-electron chi connectivity index (χ0n) is 32.3. The summed E-state index contributed by atoms with van der Waals surface area (Å²) in [6, 6.07) is 15.1. The number of nitrogens with one attached hydrogen (secondary N) is 2. The number of rotatable bonds is 21. The molecule has 0 aliphatic rings. The number of phosphoric acid groups is 1. The third kappa shape index (κ3) is 12.9. The molecule has 0 bridgehead atoms. The van der Waals surface area contributed by atoms with Gasteiger partial charge in [-0.15, -0.1) is 4.67 Å². The lowest BCUT2D eigenvalue weighted by Crippen LogP contribution is -2.11. The fraction of sp³-hybridized carbons (Fsp3) is 0.286. The van der Waals surface area contributed by atoms with Gasteiger partial charge < -0.3 is 19.7 Å². The molecule has 0 amide bonds. The van der Waals surface area contributed by atoms with Crippen LogP contribution in [0, 0.1) is 13.8 Å². The Kier molecular flexibility index (Phi) is 15.7. The molecule has 0 aliphatic carbocycles. The normalized spacial score (nSPS) is 11.3. The number of aromatic nitrogens is 6. The minimum Gasteiger partial charge on any atom is -0.390 e. The van der Waals surface area contributed by atoms with Gasteiger partial charge >= 0.3 is 7.82 Å². The molecule has 3 N–H and O–H groups in total. The molecule has 0 unspecified atom stereocenters. The second-order valence-electron chi connectivity index (χ2n) is 13.8. The summed E-state index contributed by atoms with van der Waals surface area (Å²) in [5.74, 6) is 0.780. The highest BCUT2D eigenvalue weighted by Crippen LogP contribution is 2.51. The van der Waals surface area contributed by atoms with Gasteiger partial charge in [0.1, 0.15) is 0 Å². The summed E-state index contributed by atoms with van der Waals surface area (Å²) in [6.45, 7) is 5.18. The highest BCUT2D eigenvalue weighted by Gasteiger charge is 2.34. The largest absolute Gasteiger partial charge is 0.615 e. The van der Waals surface area contributed by atoms with E-state index in [1.807, 2.05) is 50.5 Å². The number of pyridine rings is 6. The highest BCUT2D eigenvalue weighted by atomic mass is 79.9. The van der Waals surface area contributed by atoms with Gasteiger partial charge in [-0.1, -0.05) is 12.1 Å². The lowest BCUT2D eigenvalue weighted by Gasteiger charge is -2.20. The van der Waals surface area contributed by atoms with Gasteiger partial charge in [-0.05, 0) is 154 Å². The summed E-state index contributed by atoms with van der Waals surface area (Å²) in [7, 11) is -4.74. The number of anilines is 2. The van der Waals surface area contributed by atoms with Gasteiger partial charge in [0.05, 0.1) is 0 Å². The Morgan fingerprint density at radius 1 is 0.621 bits per heavy atom. The molecule has 0 aliphatic heterocycles. The molecule has 302 valence electrons. The maximum absolute atomic E-state index is 14.3. The van der Waals surface area contributed by atoms with Crippen LogP contribution in [0.2, 0.25) is 0 Å². The Balaban J connectivity index is 1.19. The molecular formula is C42H45Br2N8O5P. The van der Waals surface area contributed by atoms with E-state index in [1.54, 1.807) is 49.3 Å². The lowest BCUT2D eigenvalue weighted by molar-refractivity contribution is -0.154. The van der Waals surface area contributed by atoms with Gasteiger partial charge in [-0.25, -0.2) is 19.8 Å². The van der Waals surface area contributed by atoms with E-state index in [2.05, 4.69) is 89.2 Å². The summed E-state index contributed by atoms with van der Waals surface area (Å²) in [5.41, 5.74) is 7.75. The van der Waals surface area contributed by atoms with Gasteiger partial charge in [-0.2, -0.15) is 0 Å². The molecule has 0 atom stereocenters. The minimum absolute atomic E-state index is 0.0787. The van der Waals surface area contributed by atoms with Crippen LogP contribution in [0.1, 0.15) is 70.5 Å². The van der Waals surface area contributed by atoms with Crippen molar-refractivity contribution in [1.82, 2.24) is 29.9 Å². The number of nitrogens with zero attached hydrogens (tertiary/aromatic N) is 6. The summed E-state index contributed by atoms with van der Waals surface area (Å²) >= 11 is 6.95. The Bertz CT molecular complexity index is 2150. The zero-order valence-corrected chi connectivity index (χ0v) is 36.3. The molecule has 0 aromatic carbocycles. The van der Waals surface area contributed by atoms with Crippen molar-refractivity contribution in [3.8, 4) is 11.5 Å². The molecule has 6 aromatic rings. The Labute approximate surface area is 355 Å². The SMILES string of the molecule is Cc1cc(Br)cnc1CCCCNc1ncc(Cc2cccnc2)cc1OP(=O)(OO)Oc1cc(Cc2cccnc2)cnc1NCCCCc1ncc(Br)cc1C. The molecule has 0 fully saturated rings. The maximum atomic E-state index is 14.3. The maximum Gasteiger partial charge on any atom is 0.615 e. The summed E-state index contributed by atoms with van der Waals surface area (Å²) in [5, 5.41) is 16.8. The van der Waals surface area contributed by atoms with E-state index in [1.165, 1.54) is 0 Å². The van der Waals surface area contributed by atoms with E-state index in [9.17, 15) is 9.82 Å². The Hall–Kier alpha value is -4.79. The van der Waals surface area contributed by atoms with Gasteiger partial charge in [0.2, 0.25) is 0 Å². The standard InChI is InChI=1S/C42H45Br2N8O5P/c1-29-17-35(43)27-49-37(29)11-3-5-15-47-41-39(21-33(25-51-41)19-31-9-7-13-45-23-31)55-58(54,57-53)56-40-22-34(20-32-10-8-14-46-24-32)26-52-42(40)48-16-6-4-12-38-30(2)18-36(44)28-50-38/h7-10,13-14,17-18,21-28,53H,3-6,11-12,15-16,19-20H2,1-2H3,(H,47,51)(H,48,52). The van der Waals surface area contributed by atoms with Crippen molar-refractivity contribution in [3.63, 3.8) is 0 Å². The summed E-state index contributed by atoms with van der Waals surface area (Å²) < 4.78 is 32.7. The molecular weight excluding hydrogens is 887 g/mol. The number of halogens is 2. The van der Waals surface area contributed by atoms with Gasteiger partial charge in [0.15, 0.2) is 23.1 Å². The van der Waals surface area contributed by atoms with Gasteiger partial charge in [0.25, 0.3) is 0 Å². The van der Waals surface area contributed by atoms with E-state index < -0.39 is 7.82 Å². The first-order valence-electron chi connectivity index (χ1n) is 18.9. The van der Waals surface area contributed by atoms with Crippen LogP contribution in [0.25, 0.3) is 0 Å². The van der Waals surface area contributed by atoms with Gasteiger partial charge in [-0.3, -0.25) is 19.9 Å². The molecule has 58 heavy (non-hydrogen) atoms. The second-order valence-corrected chi connectivity index (χ2v) is 17.0. The van der Waals surface area contributed by atoms with Crippen molar-refractivity contribution in [3.05, 3.63) is 152 Å². The van der Waals surface area contributed by atoms with E-state index >= 15 is 0 Å². The van der Waals surface area contributed by atoms with Crippen molar-refractivity contribution in [2.45, 2.75) is 65.2 Å². The average Bonchev–Trinajstić information content (AvgIpc) is 3.21. The second kappa shape index (κ2) is 21.3. The molecule has 6 rings (SSSR count). The molecule has 13 nitrogen and oxygen atoms in total. The predicted molar refractivity (Wildman–Crippen MR) is 231 cm³/mol. The molecule has 0 radical (unpaired) electrons. The van der Waals surface area contributed by atoms with E-state index in [0.29, 0.717) is 37.6 Å². The molecule has 0 saturated carbocycles. The van der Waals surface area contributed by atoms with Crippen LogP contribution in [0.4, 0.5) is 11.6 Å². The summed E-state index contributed by atoms with van der Waals surface area (Å²) in [4.78, 5) is 26.8. The van der Waals surface area contributed by atoms with Crippen LogP contribution in [-0.4, -0.2) is 48.3 Å². The molecule has 0 spiro atoms. The van der Waals surface area contributed by atoms with Gasteiger partial charge in [0, 0.05) is 95.8 Å². The first-order valence-corrected chi connectivity index (χ1v) is 22.0. The van der Waals surface area contributed by atoms with Crippen LogP contribution < -0.4 is 19.7 Å². The zero-order chi connectivity index (χ0) is 40.7. The fourth-order valence-corrected chi connectivity index (χ4v) is 8.00. The third-order valence-electron chi connectivity index (χ3n) is 9.17. The van der Waals surface area contributed by atoms with Crippen LogP contribution in [0.15, 0.2) is 107 Å². The Morgan fingerprint density at radius 2 is 1.09 bits per heavy atom. The molecule has 6 heterocycles. The molecule has 6 aromatic heterocycles. The lowest BCUT2D eigenvalue weighted by atomic mass is 10.1. The average molecular weight is 933 g/mol. The first-order chi connectivity index (χ1) is 28.2. The minimum atomic E-state index is -4.74. The number of hydrogen-bond acceptors (Lipinski definition) is 13. The molecule has 0 saturated heterocycles. The van der Waals surface area contributed by atoms with Crippen LogP contribution in [0.3, 0.4) is 0 Å². The number of phosphoric ester groups is 1. The number of unbranched alkanes of at least 4 members (excludes halogenated alkanes) is 2. The first kappa shape index (κ1) is 42.8.